The molecule has 2 atom stereocenters. The number of nitrogens with two attached hydrogens (primary N) is 1. The number of nitriles is 2. The average Bonchev–Trinajstić information content (AvgIpc) is 4.22. The van der Waals surface area contributed by atoms with Crippen LogP contribution >= 0.6 is 181 Å². The number of carboxylic acids is 1. The van der Waals surface area contributed by atoms with E-state index in [1.165, 1.54) is 41.6 Å². The summed E-state index contributed by atoms with van der Waals surface area (Å²) in [6, 6.07) is 10.5. The van der Waals surface area contributed by atoms with Crippen molar-refractivity contribution in [3.05, 3.63) is 82.9 Å². The number of carbonyl (C=O) groups excluding carboxylic acids is 5. The number of rotatable bonds is 11. The van der Waals surface area contributed by atoms with E-state index in [4.69, 9.17) is 21.4 Å². The molecule has 4 fully saturated rings. The van der Waals surface area contributed by atoms with Crippen LogP contribution < -0.4 is 29.6 Å². The monoisotopic (exact) mass is 2450 g/mol. The maximum Gasteiger partial charge on any atom is 0.394 e. The van der Waals surface area contributed by atoms with Crippen LogP contribution in [0.2, 0.25) is 0 Å². The van der Waals surface area contributed by atoms with Crippen molar-refractivity contribution in [3.63, 3.8) is 0 Å². The van der Waals surface area contributed by atoms with Crippen molar-refractivity contribution in [3.8, 4) is 12.1 Å². The van der Waals surface area contributed by atoms with E-state index in [2.05, 4.69) is 172 Å². The van der Waals surface area contributed by atoms with Crippen molar-refractivity contribution in [1.82, 2.24) is 40.6 Å². The van der Waals surface area contributed by atoms with Gasteiger partial charge in [0.05, 0.1) is 46.6 Å². The largest absolute Gasteiger partial charge is 0.474 e. The summed E-state index contributed by atoms with van der Waals surface area (Å²) in [4.78, 5) is 74.2. The molecule has 4 amide bonds. The molecule has 20 nitrogen and oxygen atoms in total. The van der Waals surface area contributed by atoms with Crippen molar-refractivity contribution >= 4 is 228 Å². The van der Waals surface area contributed by atoms with Gasteiger partial charge in [0.25, 0.3) is 11.8 Å². The molecule has 2 aromatic carbocycles. The number of carbonyl (C=O) groups is 6. The zero-order valence-electron chi connectivity index (χ0n) is 40.0. The van der Waals surface area contributed by atoms with Gasteiger partial charge in [0, 0.05) is 75.1 Å². The molecular formula is C44H55F6I11N13O7S2-. The normalized spacial score (nSPS) is 18.0. The van der Waals surface area contributed by atoms with Gasteiger partial charge in [0.1, 0.15) is 29.5 Å². The third-order valence-electron chi connectivity index (χ3n) is 11.7. The van der Waals surface area contributed by atoms with Crippen LogP contribution in [-0.4, -0.2) is 119 Å². The van der Waals surface area contributed by atoms with Crippen LogP contribution in [0.4, 0.5) is 37.7 Å². The molecule has 2 saturated heterocycles. The van der Waals surface area contributed by atoms with Gasteiger partial charge in [0.15, 0.2) is 0 Å². The van der Waals surface area contributed by atoms with E-state index in [-0.39, 0.29) is 140 Å². The number of hydrogen-bond acceptors (Lipinski definition) is 13. The number of nitrogens with one attached hydrogen (secondary N) is 4. The number of nitrogens with zero attached hydrogens (tertiary/aromatic N) is 8. The smallest absolute Gasteiger partial charge is 0.394 e. The molecule has 7 N–H and O–H groups in total. The number of hydrogen-bond donors (Lipinski definition) is 6. The standard InChI is InChI=1S/C21H19F3N6O3.C14H12FN3O4.C6H8F2N4.3CH4.I7.I4.2H2S/c22-15-2-1-14(5-13(15)7-25)27-18(32)12-3-4-30(9-12)19(33)16(31)6-20(10-21(23,24)11-20)17-8-26-29-28-17;15-11-2-1-10(5-9(11)6-16)17-12(19)8-3-4-18(7-8)13(20)14(21)22;7-6(8)2-5(9,3-6)4-1-10-12-11-4;;;;1-5-7(4)6(2)3;1-4(2)3;;/h1-2,5,8,12H,3-4,6,9-11H2,(H,27,32)(H,26,28,29);1-2,5,8H,3-4,7H2,(H,17,19)(H,21,22);1H,2-3,9H2,(H,10,11,12);3*1H4;;;2*1H2/q;;;;;;-1;;;/t12-;8-;;;;;;;;/m00......../s1. The second-order valence-corrected chi connectivity index (χ2v) is 180. The predicted molar refractivity (Wildman–Crippen MR) is 396 cm³/mol. The third-order valence-corrected chi connectivity index (χ3v) is 260. The van der Waals surface area contributed by atoms with E-state index < -0.39 is 101 Å². The molecule has 4 heterocycles. The van der Waals surface area contributed by atoms with Crippen molar-refractivity contribution in [1.29, 1.82) is 10.5 Å². The van der Waals surface area contributed by atoms with Gasteiger partial charge >= 0.3 is 179 Å². The fraction of sp³-hybridized carbons (Fsp3) is 0.455. The Hall–Kier alpha value is 0.990. The molecule has 2 saturated carbocycles. The van der Waals surface area contributed by atoms with Gasteiger partial charge in [-0.05, 0) is 49.2 Å². The van der Waals surface area contributed by atoms with Crippen molar-refractivity contribution < 1.29 is 73.5 Å². The molecule has 2 aromatic heterocycles. The molecule has 0 unspecified atom stereocenters. The number of benzene rings is 2. The Morgan fingerprint density at radius 2 is 1.12 bits per heavy atom. The third kappa shape index (κ3) is 27.0. The van der Waals surface area contributed by atoms with Crippen LogP contribution in [0.1, 0.15) is 89.7 Å². The SMILES string of the molecule is C.C.C.II(I)I.I[I-]I(I)I(I)I.N#Cc1cc(NC(=O)[C@H]2CCN(C(=O)C(=O)CC3(c4cn[nH]n4)CC(F)(F)C3)C2)ccc1F.N#Cc1cc(NC(=O)[C@H]2CCN(C(=O)C(=O)O)C2)ccc1F.NC1(c2cn[nH]n2)CC(F)(F)C1.S.S. The number of H-pyrrole nitrogens is 2. The van der Waals surface area contributed by atoms with Crippen molar-refractivity contribution in [2.45, 2.75) is 90.0 Å². The maximum absolute atomic E-state index is 13.6. The fourth-order valence-electron chi connectivity index (χ4n) is 8.18. The molecule has 83 heavy (non-hydrogen) atoms. The van der Waals surface area contributed by atoms with E-state index in [0.29, 0.717) is 31.8 Å². The first kappa shape index (κ1) is 86.1. The summed E-state index contributed by atoms with van der Waals surface area (Å²) in [5.74, 6) is -13.2. The fourth-order valence-corrected chi connectivity index (χ4v) is 218. The molecule has 39 heteroatoms. The summed E-state index contributed by atoms with van der Waals surface area (Å²) in [7, 11) is -0.844. The summed E-state index contributed by atoms with van der Waals surface area (Å²) in [5, 5.41) is 50.7. The van der Waals surface area contributed by atoms with Gasteiger partial charge in [0.2, 0.25) is 23.5 Å². The van der Waals surface area contributed by atoms with Crippen LogP contribution in [0.3, 0.4) is 0 Å². The summed E-state index contributed by atoms with van der Waals surface area (Å²) in [6.07, 6.45) is 0.997. The van der Waals surface area contributed by atoms with Crippen LogP contribution in [0.25, 0.3) is 0 Å². The molecule has 4 aromatic rings. The number of halogens is 17. The summed E-state index contributed by atoms with van der Waals surface area (Å²) in [6.45, 7) is 0.345. The van der Waals surface area contributed by atoms with Crippen molar-refractivity contribution in [2.75, 3.05) is 36.8 Å². The van der Waals surface area contributed by atoms with E-state index >= 15 is 0 Å². The Balaban J connectivity index is 0. The van der Waals surface area contributed by atoms with E-state index in [1.807, 2.05) is 0 Å². The first-order valence-electron chi connectivity index (χ1n) is 21.5. The predicted octanol–water partition coefficient (Wildman–Crippen LogP) is 10.9. The second kappa shape index (κ2) is 40.1. The van der Waals surface area contributed by atoms with E-state index in [9.17, 15) is 55.1 Å². The molecule has 0 spiro atoms. The molecule has 2 aliphatic carbocycles. The first-order valence-corrected chi connectivity index (χ1v) is 78.0. The molecule has 0 bridgehead atoms. The van der Waals surface area contributed by atoms with Gasteiger partial charge in [-0.15, -0.1) is 0 Å². The number of carboxylic acid groups (broad SMARTS) is 1. The number of anilines is 2. The number of ketones is 1. The number of amides is 4. The molecule has 0 radical (unpaired) electrons. The second-order valence-electron chi connectivity index (χ2n) is 17.1. The summed E-state index contributed by atoms with van der Waals surface area (Å²) < 4.78 is 78.8. The number of likely N-dealkylation sites (tertiary alicyclic amines) is 2. The van der Waals surface area contributed by atoms with Crippen LogP contribution in [0, 0.1) is 46.1 Å². The molecular weight excluding hydrogens is 2400 g/mol. The quantitative estimate of drug-likeness (QED) is 0.0462. The Kier molecular flexibility index (Phi) is 41.5. The van der Waals surface area contributed by atoms with Crippen LogP contribution in [0.15, 0.2) is 48.8 Å². The molecule has 2 aliphatic heterocycles. The minimum Gasteiger partial charge on any atom is -0.474 e. The van der Waals surface area contributed by atoms with Gasteiger partial charge in [-0.25, -0.2) is 31.1 Å². The van der Waals surface area contributed by atoms with Gasteiger partial charge in [-0.1, -0.05) is 22.3 Å². The Morgan fingerprint density at radius 1 is 0.723 bits per heavy atom. The number of aliphatic carboxylic acids is 1. The first-order chi connectivity index (χ1) is 36.5. The Morgan fingerprint density at radius 3 is 1.45 bits per heavy atom. The molecule has 8 rings (SSSR count). The van der Waals surface area contributed by atoms with Gasteiger partial charge < -0.3 is 31.3 Å². The Labute approximate surface area is 581 Å². The van der Waals surface area contributed by atoms with E-state index in [1.54, 1.807) is 12.1 Å². The average molecular weight is 2450 g/mol. The van der Waals surface area contributed by atoms with E-state index in [0.717, 1.165) is 17.0 Å². The zero-order chi connectivity index (χ0) is 58.3. The molecule has 4 aliphatic rings. The zero-order valence-corrected chi connectivity index (χ0v) is 65.8. The van der Waals surface area contributed by atoms with Crippen LogP contribution in [-0.2, 0) is 39.7 Å². The Bertz CT molecular complexity index is 2850. The maximum atomic E-state index is 13.6. The number of aromatic nitrogens is 6. The minimum atomic E-state index is -2.94. The van der Waals surface area contributed by atoms with Gasteiger partial charge in [-0.3, -0.25) is 24.0 Å². The van der Waals surface area contributed by atoms with Crippen LogP contribution in [0.5, 0.6) is 0 Å². The summed E-state index contributed by atoms with van der Waals surface area (Å²) >= 11 is 18.9. The summed E-state index contributed by atoms with van der Waals surface area (Å²) in [5.41, 5.74) is 4.14. The number of aromatic amines is 2. The number of Topliss-reactive ketones (excluding diaryl/α,β-unsaturated/α-hetero) is 1. The van der Waals surface area contributed by atoms with Gasteiger partial charge in [-0.2, -0.15) is 68.3 Å². The number of alkyl halides is 4. The minimum absolute atomic E-state index is 0. The molecule has 470 valence electrons. The van der Waals surface area contributed by atoms with Crippen molar-refractivity contribution in [2.24, 2.45) is 17.6 Å². The topological polar surface area (TPSA) is 310 Å².